The lowest BCUT2D eigenvalue weighted by molar-refractivity contribution is 0.244. The van der Waals surface area contributed by atoms with Crippen molar-refractivity contribution >= 4 is 38.4 Å². The Hall–Kier alpha value is -2.21. The molecule has 4 aromatic rings. The molecule has 0 aliphatic carbocycles. The van der Waals surface area contributed by atoms with Gasteiger partial charge >= 0.3 is 0 Å². The van der Waals surface area contributed by atoms with Crippen LogP contribution in [0.2, 0.25) is 5.02 Å². The molecule has 0 amide bonds. The van der Waals surface area contributed by atoms with Gasteiger partial charge in [-0.25, -0.2) is 9.97 Å². The summed E-state index contributed by atoms with van der Waals surface area (Å²) < 4.78 is 1.13. The van der Waals surface area contributed by atoms with Crippen molar-refractivity contribution in [2.45, 2.75) is 19.5 Å². The first-order valence-electron chi connectivity index (χ1n) is 9.25. The second-order valence-electron chi connectivity index (χ2n) is 7.11. The molecular weight excluding hydrogens is 436 g/mol. The maximum Gasteiger partial charge on any atom is 0.159 e. The minimum absolute atomic E-state index is 0.723. The molecule has 28 heavy (non-hydrogen) atoms. The highest BCUT2D eigenvalue weighted by Gasteiger charge is 2.20. The Morgan fingerprint density at radius 2 is 2.00 bits per heavy atom. The third kappa shape index (κ3) is 3.34. The topological polar surface area (TPSA) is 44.8 Å². The van der Waals surface area contributed by atoms with E-state index >= 15 is 0 Å². The third-order valence-electron chi connectivity index (χ3n) is 5.25. The van der Waals surface area contributed by atoms with Crippen LogP contribution in [0.4, 0.5) is 0 Å². The number of benzene rings is 2. The number of hydrogen-bond donors (Lipinski definition) is 1. The van der Waals surface area contributed by atoms with Gasteiger partial charge in [0.05, 0.1) is 5.69 Å². The number of fused-ring (bicyclic) bond motifs is 2. The molecule has 2 aromatic heterocycles. The molecule has 6 heteroatoms. The fourth-order valence-electron chi connectivity index (χ4n) is 3.82. The summed E-state index contributed by atoms with van der Waals surface area (Å²) in [7, 11) is 0. The Balaban J connectivity index is 1.37. The smallest absolute Gasteiger partial charge is 0.159 e. The van der Waals surface area contributed by atoms with Crippen LogP contribution in [0.25, 0.3) is 22.3 Å². The number of H-pyrrole nitrogens is 1. The van der Waals surface area contributed by atoms with Gasteiger partial charge in [-0.1, -0.05) is 33.6 Å². The van der Waals surface area contributed by atoms with Crippen LogP contribution in [-0.4, -0.2) is 26.4 Å². The number of rotatable bonds is 3. The van der Waals surface area contributed by atoms with E-state index in [2.05, 4.69) is 55.2 Å². The SMILES string of the molecule is Clc1ccc(-c2ncc3c(n2)CCN(Cc2c[nH]c4cccc(Br)c24)C3)cc1. The van der Waals surface area contributed by atoms with Crippen LogP contribution in [0.3, 0.4) is 0 Å². The molecule has 0 atom stereocenters. The molecule has 0 unspecified atom stereocenters. The van der Waals surface area contributed by atoms with Crippen molar-refractivity contribution in [3.05, 3.63) is 81.2 Å². The van der Waals surface area contributed by atoms with Crippen LogP contribution in [-0.2, 0) is 19.5 Å². The molecule has 4 nitrogen and oxygen atoms in total. The highest BCUT2D eigenvalue weighted by Crippen LogP contribution is 2.29. The monoisotopic (exact) mass is 452 g/mol. The van der Waals surface area contributed by atoms with Gasteiger partial charge in [-0.15, -0.1) is 0 Å². The summed E-state index contributed by atoms with van der Waals surface area (Å²) >= 11 is 9.67. The quantitative estimate of drug-likeness (QED) is 0.439. The molecule has 0 bridgehead atoms. The van der Waals surface area contributed by atoms with E-state index < -0.39 is 0 Å². The van der Waals surface area contributed by atoms with E-state index in [0.29, 0.717) is 0 Å². The van der Waals surface area contributed by atoms with E-state index in [9.17, 15) is 0 Å². The lowest BCUT2D eigenvalue weighted by Gasteiger charge is -2.28. The minimum atomic E-state index is 0.723. The van der Waals surface area contributed by atoms with Crippen LogP contribution < -0.4 is 0 Å². The fourth-order valence-corrected chi connectivity index (χ4v) is 4.57. The molecular formula is C22H18BrClN4. The summed E-state index contributed by atoms with van der Waals surface area (Å²) in [5.41, 5.74) is 5.83. The van der Waals surface area contributed by atoms with Crippen molar-refractivity contribution in [2.24, 2.45) is 0 Å². The summed E-state index contributed by atoms with van der Waals surface area (Å²) in [5.74, 6) is 0.768. The van der Waals surface area contributed by atoms with Crippen LogP contribution in [0, 0.1) is 0 Å². The molecule has 3 heterocycles. The van der Waals surface area contributed by atoms with Crippen molar-refractivity contribution in [3.8, 4) is 11.4 Å². The number of nitrogens with one attached hydrogen (secondary N) is 1. The Labute approximate surface area is 176 Å². The summed E-state index contributed by atoms with van der Waals surface area (Å²) in [5, 5.41) is 1.99. The zero-order valence-electron chi connectivity index (χ0n) is 15.1. The molecule has 0 radical (unpaired) electrons. The number of nitrogens with zero attached hydrogens (tertiary/aromatic N) is 3. The highest BCUT2D eigenvalue weighted by atomic mass is 79.9. The highest BCUT2D eigenvalue weighted by molar-refractivity contribution is 9.10. The number of halogens is 2. The van der Waals surface area contributed by atoms with Gasteiger partial charge in [0.1, 0.15) is 0 Å². The average Bonchev–Trinajstić information content (AvgIpc) is 3.12. The minimum Gasteiger partial charge on any atom is -0.361 e. The third-order valence-corrected chi connectivity index (χ3v) is 6.16. The van der Waals surface area contributed by atoms with Crippen molar-refractivity contribution in [3.63, 3.8) is 0 Å². The molecule has 0 spiro atoms. The van der Waals surface area contributed by atoms with Gasteiger partial charge in [0.15, 0.2) is 5.82 Å². The van der Waals surface area contributed by atoms with Gasteiger partial charge in [-0.3, -0.25) is 4.90 Å². The number of hydrogen-bond acceptors (Lipinski definition) is 3. The number of aromatic nitrogens is 3. The molecule has 1 aliphatic heterocycles. The lowest BCUT2D eigenvalue weighted by atomic mass is 10.1. The van der Waals surface area contributed by atoms with Gasteiger partial charge in [-0.2, -0.15) is 0 Å². The predicted molar refractivity (Wildman–Crippen MR) is 116 cm³/mol. The first-order chi connectivity index (χ1) is 13.7. The maximum absolute atomic E-state index is 5.98. The van der Waals surface area contributed by atoms with E-state index in [4.69, 9.17) is 16.6 Å². The summed E-state index contributed by atoms with van der Waals surface area (Å²) in [6.07, 6.45) is 5.02. The zero-order chi connectivity index (χ0) is 19.1. The lowest BCUT2D eigenvalue weighted by Crippen LogP contribution is -2.30. The largest absolute Gasteiger partial charge is 0.361 e. The summed E-state index contributed by atoms with van der Waals surface area (Å²) in [6, 6.07) is 13.9. The molecule has 1 aliphatic rings. The van der Waals surface area contributed by atoms with Gasteiger partial charge in [0.2, 0.25) is 0 Å². The molecule has 0 fully saturated rings. The van der Waals surface area contributed by atoms with E-state index in [1.807, 2.05) is 30.5 Å². The second kappa shape index (κ2) is 7.32. The van der Waals surface area contributed by atoms with Gasteiger partial charge in [0.25, 0.3) is 0 Å². The summed E-state index contributed by atoms with van der Waals surface area (Å²) in [6.45, 7) is 2.76. The van der Waals surface area contributed by atoms with Crippen molar-refractivity contribution in [2.75, 3.05) is 6.54 Å². The Morgan fingerprint density at radius 3 is 2.86 bits per heavy atom. The standard InChI is InChI=1S/C22H18BrClN4/c23-18-2-1-3-20-21(18)16(11-25-20)13-28-9-8-19-15(12-28)10-26-22(27-19)14-4-6-17(24)7-5-14/h1-7,10-11,25H,8-9,12-13H2. The van der Waals surface area contributed by atoms with Crippen LogP contribution in [0.1, 0.15) is 16.8 Å². The van der Waals surface area contributed by atoms with E-state index in [1.54, 1.807) is 0 Å². The van der Waals surface area contributed by atoms with Crippen molar-refractivity contribution in [1.29, 1.82) is 0 Å². The maximum atomic E-state index is 5.98. The van der Waals surface area contributed by atoms with Gasteiger partial charge in [0, 0.05) is 70.0 Å². The Morgan fingerprint density at radius 1 is 1.14 bits per heavy atom. The van der Waals surface area contributed by atoms with Gasteiger partial charge in [-0.05, 0) is 42.0 Å². The molecule has 1 N–H and O–H groups in total. The summed E-state index contributed by atoms with van der Waals surface area (Å²) in [4.78, 5) is 15.2. The van der Waals surface area contributed by atoms with Crippen LogP contribution in [0.5, 0.6) is 0 Å². The van der Waals surface area contributed by atoms with Crippen molar-refractivity contribution < 1.29 is 0 Å². The van der Waals surface area contributed by atoms with Crippen LogP contribution in [0.15, 0.2) is 59.3 Å². The van der Waals surface area contributed by atoms with Crippen molar-refractivity contribution in [1.82, 2.24) is 19.9 Å². The second-order valence-corrected chi connectivity index (χ2v) is 8.40. The number of aromatic amines is 1. The molecule has 0 saturated carbocycles. The van der Waals surface area contributed by atoms with Gasteiger partial charge < -0.3 is 4.98 Å². The normalized spacial score (nSPS) is 14.4. The molecule has 140 valence electrons. The molecule has 0 saturated heterocycles. The van der Waals surface area contributed by atoms with E-state index in [0.717, 1.165) is 58.1 Å². The predicted octanol–water partition coefficient (Wildman–Crippen LogP) is 5.60. The molecule has 5 rings (SSSR count). The Kier molecular flexibility index (Phi) is 4.67. The fraction of sp³-hybridized carbons (Fsp3) is 0.182. The average molecular weight is 454 g/mol. The first kappa shape index (κ1) is 17.9. The van der Waals surface area contributed by atoms with E-state index in [1.165, 1.54) is 16.5 Å². The molecule has 2 aromatic carbocycles. The van der Waals surface area contributed by atoms with Crippen LogP contribution >= 0.6 is 27.5 Å². The van der Waals surface area contributed by atoms with E-state index in [-0.39, 0.29) is 0 Å². The Bertz CT molecular complexity index is 1150. The first-order valence-corrected chi connectivity index (χ1v) is 10.4. The zero-order valence-corrected chi connectivity index (χ0v) is 17.5.